The molecule has 2 aliphatic heterocycles. The van der Waals surface area contributed by atoms with Crippen molar-refractivity contribution in [3.8, 4) is 5.75 Å². The molecular formula is C33H43BrN9O3P. The zero-order valence-electron chi connectivity index (χ0n) is 27.6. The Kier molecular flexibility index (Phi) is 9.89. The Hall–Kier alpha value is -3.51. The number of piperazine rings is 1. The molecule has 2 aromatic carbocycles. The summed E-state index contributed by atoms with van der Waals surface area (Å²) < 4.78 is 21.3. The van der Waals surface area contributed by atoms with Crippen LogP contribution >= 0.6 is 23.1 Å². The molecule has 6 rings (SSSR count). The summed E-state index contributed by atoms with van der Waals surface area (Å²) in [5.74, 6) is 1.56. The average molecular weight is 725 g/mol. The minimum Gasteiger partial charge on any atom is -0.494 e. The van der Waals surface area contributed by atoms with Gasteiger partial charge in [0.15, 0.2) is 0 Å². The molecule has 0 atom stereocenters. The number of nitrogens with one attached hydrogen (secondary N) is 3. The van der Waals surface area contributed by atoms with Gasteiger partial charge in [0.25, 0.3) is 5.56 Å². The van der Waals surface area contributed by atoms with Crippen LogP contribution in [-0.2, 0) is 18.0 Å². The largest absolute Gasteiger partial charge is 0.494 e. The summed E-state index contributed by atoms with van der Waals surface area (Å²) >= 11 is 3.57. The summed E-state index contributed by atoms with van der Waals surface area (Å²) in [4.78, 5) is 27.2. The van der Waals surface area contributed by atoms with E-state index in [-0.39, 0.29) is 5.56 Å². The van der Waals surface area contributed by atoms with E-state index in [0.717, 1.165) is 64.2 Å². The Labute approximate surface area is 283 Å². The second-order valence-corrected chi connectivity index (χ2v) is 16.5. The normalized spacial score (nSPS) is 16.4. The standard InChI is InChI=1S/C33H43BrN9O3P/c1-6-21-17-27(29(46-3)18-28(21)43-13-9-22(10-14-43)42-15-11-35-12-16-42)39-33-36-20-25(34)31(40-33)38-26-8-7-23-24(30(26)47(4,5)45)19-37-41(2)32(23)44/h7-8,17-20,22,35H,6,9-16H2,1-5H3,(H2,36,38,39,40). The van der Waals surface area contributed by atoms with Gasteiger partial charge in [-0.2, -0.15) is 10.1 Å². The van der Waals surface area contributed by atoms with Crippen molar-refractivity contribution >= 4 is 68.0 Å². The molecule has 0 radical (unpaired) electrons. The number of hydrogen-bond acceptors (Lipinski definition) is 11. The lowest BCUT2D eigenvalue weighted by Crippen LogP contribution is -2.52. The fraction of sp³-hybridized carbons (Fsp3) is 0.455. The van der Waals surface area contributed by atoms with Gasteiger partial charge in [-0.05, 0) is 72.3 Å². The number of nitrogens with zero attached hydrogens (tertiary/aromatic N) is 6. The maximum absolute atomic E-state index is 13.5. The fourth-order valence-corrected chi connectivity index (χ4v) is 8.48. The Bertz CT molecular complexity index is 1880. The lowest BCUT2D eigenvalue weighted by atomic mass is 9.99. The van der Waals surface area contributed by atoms with Crippen molar-refractivity contribution in [1.29, 1.82) is 0 Å². The van der Waals surface area contributed by atoms with Crippen LogP contribution in [0.15, 0.2) is 45.9 Å². The van der Waals surface area contributed by atoms with E-state index in [1.54, 1.807) is 52.0 Å². The highest BCUT2D eigenvalue weighted by Gasteiger charge is 2.27. The van der Waals surface area contributed by atoms with Crippen molar-refractivity contribution in [2.45, 2.75) is 32.2 Å². The van der Waals surface area contributed by atoms with Gasteiger partial charge in [0.05, 0.1) is 34.5 Å². The Balaban J connectivity index is 1.26. The highest BCUT2D eigenvalue weighted by Crippen LogP contribution is 2.42. The van der Waals surface area contributed by atoms with E-state index in [0.29, 0.717) is 49.8 Å². The Morgan fingerprint density at radius 2 is 1.79 bits per heavy atom. The quantitative estimate of drug-likeness (QED) is 0.209. The zero-order chi connectivity index (χ0) is 33.3. The van der Waals surface area contributed by atoms with Crippen LogP contribution in [0.1, 0.15) is 25.3 Å². The van der Waals surface area contributed by atoms with Crippen LogP contribution in [0.2, 0.25) is 0 Å². The predicted octanol–water partition coefficient (Wildman–Crippen LogP) is 4.67. The number of rotatable bonds is 9. The molecule has 0 amide bonds. The number of fused-ring (bicyclic) bond motifs is 1. The van der Waals surface area contributed by atoms with E-state index in [9.17, 15) is 9.36 Å². The number of benzene rings is 2. The number of methoxy groups -OCH3 is 1. The van der Waals surface area contributed by atoms with Crippen molar-refractivity contribution in [3.05, 3.63) is 57.0 Å². The third-order valence-corrected chi connectivity index (χ3v) is 11.3. The number of anilines is 5. The third kappa shape index (κ3) is 7.04. The predicted molar refractivity (Wildman–Crippen MR) is 194 cm³/mol. The van der Waals surface area contributed by atoms with Gasteiger partial charge in [0.2, 0.25) is 5.95 Å². The molecule has 0 spiro atoms. The lowest BCUT2D eigenvalue weighted by molar-refractivity contribution is 0.150. The minimum atomic E-state index is -2.85. The minimum absolute atomic E-state index is 0.246. The molecule has 2 saturated heterocycles. The number of aromatic nitrogens is 4. The van der Waals surface area contributed by atoms with Crippen molar-refractivity contribution in [3.63, 3.8) is 0 Å². The first-order valence-electron chi connectivity index (χ1n) is 16.1. The lowest BCUT2D eigenvalue weighted by Gasteiger charge is -2.41. The monoisotopic (exact) mass is 723 g/mol. The molecule has 2 aromatic heterocycles. The molecule has 2 fully saturated rings. The fourth-order valence-electron chi connectivity index (χ4n) is 6.72. The van der Waals surface area contributed by atoms with E-state index < -0.39 is 7.14 Å². The zero-order valence-corrected chi connectivity index (χ0v) is 30.1. The maximum Gasteiger partial charge on any atom is 0.274 e. The van der Waals surface area contributed by atoms with Gasteiger partial charge in [-0.3, -0.25) is 9.69 Å². The Morgan fingerprint density at radius 3 is 2.47 bits per heavy atom. The van der Waals surface area contributed by atoms with Crippen LogP contribution in [0.3, 0.4) is 0 Å². The van der Waals surface area contributed by atoms with Crippen molar-refractivity contribution < 1.29 is 9.30 Å². The molecule has 14 heteroatoms. The van der Waals surface area contributed by atoms with Gasteiger partial charge in [-0.25, -0.2) is 9.67 Å². The SMILES string of the molecule is CCc1cc(Nc2ncc(Br)c(Nc3ccc4c(=O)n(C)ncc4c3P(C)(C)=O)n2)c(OC)cc1N1CCC(N2CCNCC2)CC1. The topological polar surface area (TPSA) is 130 Å². The van der Waals surface area contributed by atoms with Gasteiger partial charge >= 0.3 is 0 Å². The maximum atomic E-state index is 13.5. The summed E-state index contributed by atoms with van der Waals surface area (Å²) in [5, 5.41) is 15.9. The van der Waals surface area contributed by atoms with E-state index in [4.69, 9.17) is 9.72 Å². The van der Waals surface area contributed by atoms with Crippen LogP contribution in [0.25, 0.3) is 10.8 Å². The van der Waals surface area contributed by atoms with Crippen molar-refractivity contribution in [1.82, 2.24) is 30.0 Å². The second-order valence-electron chi connectivity index (χ2n) is 12.5. The molecule has 12 nitrogen and oxygen atoms in total. The molecule has 0 unspecified atom stereocenters. The van der Waals surface area contributed by atoms with E-state index in [1.165, 1.54) is 15.9 Å². The number of aryl methyl sites for hydroxylation is 2. The molecule has 4 heterocycles. The first kappa shape index (κ1) is 33.4. The van der Waals surface area contributed by atoms with Crippen LogP contribution in [0, 0.1) is 0 Å². The molecule has 3 N–H and O–H groups in total. The van der Waals surface area contributed by atoms with Crippen LogP contribution < -0.4 is 36.5 Å². The van der Waals surface area contributed by atoms with E-state index in [1.807, 2.05) is 0 Å². The summed E-state index contributed by atoms with van der Waals surface area (Å²) in [7, 11) is 0.425. The van der Waals surface area contributed by atoms with E-state index >= 15 is 0 Å². The van der Waals surface area contributed by atoms with Gasteiger partial charge in [-0.1, -0.05) is 6.92 Å². The molecule has 2 aliphatic rings. The van der Waals surface area contributed by atoms with Crippen LogP contribution in [-0.4, -0.2) is 90.4 Å². The molecular weight excluding hydrogens is 681 g/mol. The number of piperidine rings is 1. The number of halogens is 1. The molecule has 0 aliphatic carbocycles. The highest BCUT2D eigenvalue weighted by molar-refractivity contribution is 9.10. The molecule has 4 aromatic rings. The van der Waals surface area contributed by atoms with Crippen molar-refractivity contribution in [2.24, 2.45) is 7.05 Å². The molecule has 0 bridgehead atoms. The van der Waals surface area contributed by atoms with Gasteiger partial charge in [0, 0.05) is 81.0 Å². The molecule has 0 saturated carbocycles. The smallest absolute Gasteiger partial charge is 0.274 e. The number of ether oxygens (including phenoxy) is 1. The summed E-state index contributed by atoms with van der Waals surface area (Å²) in [5.41, 5.74) is 3.56. The molecule has 250 valence electrons. The number of hydrogen-bond donors (Lipinski definition) is 3. The van der Waals surface area contributed by atoms with Gasteiger partial charge in [-0.15, -0.1) is 0 Å². The second kappa shape index (κ2) is 13.9. The third-order valence-electron chi connectivity index (χ3n) is 9.14. The van der Waals surface area contributed by atoms with Gasteiger partial charge in [0.1, 0.15) is 18.7 Å². The summed E-state index contributed by atoms with van der Waals surface area (Å²) in [6, 6.07) is 8.40. The van der Waals surface area contributed by atoms with Crippen molar-refractivity contribution in [2.75, 3.05) is 75.2 Å². The van der Waals surface area contributed by atoms with E-state index in [2.05, 4.69) is 70.8 Å². The van der Waals surface area contributed by atoms with Gasteiger partial charge < -0.3 is 30.2 Å². The Morgan fingerprint density at radius 1 is 1.04 bits per heavy atom. The first-order chi connectivity index (χ1) is 22.6. The average Bonchev–Trinajstić information content (AvgIpc) is 3.07. The first-order valence-corrected chi connectivity index (χ1v) is 19.5. The van der Waals surface area contributed by atoms with Crippen LogP contribution in [0.5, 0.6) is 5.75 Å². The highest BCUT2D eigenvalue weighted by atomic mass is 79.9. The summed E-state index contributed by atoms with van der Waals surface area (Å²) in [6.07, 6.45) is 6.44. The molecule has 47 heavy (non-hydrogen) atoms. The van der Waals surface area contributed by atoms with Crippen LogP contribution in [0.4, 0.5) is 28.8 Å². The summed E-state index contributed by atoms with van der Waals surface area (Å²) in [6.45, 7) is 12.0.